The van der Waals surface area contributed by atoms with Crippen LogP contribution in [-0.4, -0.2) is 36.4 Å². The number of nitrogens with one attached hydrogen (secondary N) is 1. The molecule has 0 radical (unpaired) electrons. The van der Waals surface area contributed by atoms with Crippen LogP contribution in [0.4, 0.5) is 0 Å². The normalized spacial score (nSPS) is 17.9. The van der Waals surface area contributed by atoms with E-state index in [2.05, 4.69) is 20.9 Å². The summed E-state index contributed by atoms with van der Waals surface area (Å²) in [7, 11) is 1.55. The first kappa shape index (κ1) is 17.2. The molecule has 0 atom stereocenters. The van der Waals surface area contributed by atoms with Crippen molar-refractivity contribution in [3.63, 3.8) is 0 Å². The van der Waals surface area contributed by atoms with Crippen molar-refractivity contribution in [1.29, 1.82) is 5.41 Å². The van der Waals surface area contributed by atoms with Crippen molar-refractivity contribution in [2.45, 2.75) is 13.8 Å². The molecule has 7 nitrogen and oxygen atoms in total. The maximum Gasteiger partial charge on any atom is 0.282 e. The number of rotatable bonds is 4. The lowest BCUT2D eigenvalue weighted by Gasteiger charge is -2.23. The van der Waals surface area contributed by atoms with Gasteiger partial charge in [0.2, 0.25) is 0 Å². The average Bonchev–Trinajstić information content (AvgIpc) is 2.92. The molecule has 0 saturated heterocycles. The van der Waals surface area contributed by atoms with Gasteiger partial charge >= 0.3 is 0 Å². The third kappa shape index (κ3) is 3.17. The summed E-state index contributed by atoms with van der Waals surface area (Å²) in [5.41, 5.74) is 0.804. The second kappa shape index (κ2) is 6.72. The number of hydrogen-bond acceptors (Lipinski definition) is 5. The molecule has 0 unspecified atom stereocenters. The van der Waals surface area contributed by atoms with Crippen LogP contribution in [0.3, 0.4) is 0 Å². The van der Waals surface area contributed by atoms with Gasteiger partial charge in [0.15, 0.2) is 23.2 Å². The highest BCUT2D eigenvalue weighted by molar-refractivity contribution is 9.10. The minimum Gasteiger partial charge on any atom is -0.492 e. The number of benzene rings is 1. The van der Waals surface area contributed by atoms with Crippen LogP contribution in [0.25, 0.3) is 6.08 Å². The van der Waals surface area contributed by atoms with Gasteiger partial charge in [0.25, 0.3) is 5.91 Å². The van der Waals surface area contributed by atoms with Gasteiger partial charge in [0.1, 0.15) is 5.76 Å². The maximum absolute atomic E-state index is 12.3. The number of methoxy groups -OCH3 is 1. The third-order valence-electron chi connectivity index (χ3n) is 3.53. The lowest BCUT2D eigenvalue weighted by Crippen LogP contribution is -2.38. The fourth-order valence-corrected chi connectivity index (χ4v) is 3.12. The Morgan fingerprint density at radius 3 is 2.88 bits per heavy atom. The van der Waals surface area contributed by atoms with E-state index in [1.54, 1.807) is 38.3 Å². The molecule has 25 heavy (non-hydrogen) atoms. The Hall–Kier alpha value is -2.61. The molecule has 2 aliphatic heterocycles. The summed E-state index contributed by atoms with van der Waals surface area (Å²) in [5, 5.41) is 9.47. The zero-order valence-electron chi connectivity index (χ0n) is 13.9. The molecule has 1 amide bonds. The van der Waals surface area contributed by atoms with Gasteiger partial charge in [-0.15, -0.1) is 5.06 Å². The van der Waals surface area contributed by atoms with E-state index in [0.29, 0.717) is 39.7 Å². The summed E-state index contributed by atoms with van der Waals surface area (Å²) in [6.45, 7) is 4.07. The van der Waals surface area contributed by atoms with Crippen molar-refractivity contribution in [2.24, 2.45) is 4.99 Å². The van der Waals surface area contributed by atoms with E-state index < -0.39 is 5.91 Å². The molecule has 8 heteroatoms. The van der Waals surface area contributed by atoms with Gasteiger partial charge in [-0.25, -0.2) is 0 Å². The van der Waals surface area contributed by atoms with Gasteiger partial charge in [-0.2, -0.15) is 4.99 Å². The zero-order valence-corrected chi connectivity index (χ0v) is 15.5. The number of hydrogen-bond donors (Lipinski definition) is 1. The molecule has 130 valence electrons. The van der Waals surface area contributed by atoms with Crippen molar-refractivity contribution >= 4 is 39.6 Å². The molecular weight excluding hydrogens is 390 g/mol. The van der Waals surface area contributed by atoms with Crippen LogP contribution < -0.4 is 9.47 Å². The number of fused-ring (bicyclic) bond motifs is 1. The number of amidine groups is 2. The Bertz CT molecular complexity index is 858. The quantitative estimate of drug-likeness (QED) is 0.776. The summed E-state index contributed by atoms with van der Waals surface area (Å²) in [6, 6.07) is 3.52. The van der Waals surface area contributed by atoms with E-state index in [1.165, 1.54) is 5.06 Å². The van der Waals surface area contributed by atoms with E-state index in [1.807, 2.05) is 6.92 Å². The lowest BCUT2D eigenvalue weighted by atomic mass is 10.1. The van der Waals surface area contributed by atoms with Crippen LogP contribution in [0.15, 0.2) is 39.0 Å². The molecule has 1 aromatic carbocycles. The van der Waals surface area contributed by atoms with Crippen molar-refractivity contribution in [2.75, 3.05) is 13.7 Å². The van der Waals surface area contributed by atoms with Gasteiger partial charge in [-0.1, -0.05) is 0 Å². The summed E-state index contributed by atoms with van der Waals surface area (Å²) in [4.78, 5) is 21.7. The summed E-state index contributed by atoms with van der Waals surface area (Å²) >= 11 is 3.43. The summed E-state index contributed by atoms with van der Waals surface area (Å²) in [6.07, 6.45) is 3.19. The largest absolute Gasteiger partial charge is 0.492 e. The number of ether oxygens (including phenoxy) is 2. The Labute approximate surface area is 153 Å². The van der Waals surface area contributed by atoms with Crippen molar-refractivity contribution in [1.82, 2.24) is 5.06 Å². The highest BCUT2D eigenvalue weighted by atomic mass is 79.9. The van der Waals surface area contributed by atoms with Gasteiger partial charge in [-0.3, -0.25) is 10.2 Å². The highest BCUT2D eigenvalue weighted by Crippen LogP contribution is 2.37. The van der Waals surface area contributed by atoms with E-state index in [-0.39, 0.29) is 11.4 Å². The van der Waals surface area contributed by atoms with E-state index in [4.69, 9.17) is 19.7 Å². The Morgan fingerprint density at radius 2 is 2.20 bits per heavy atom. The van der Waals surface area contributed by atoms with Crippen LogP contribution in [-0.2, 0) is 9.63 Å². The van der Waals surface area contributed by atoms with Gasteiger partial charge < -0.3 is 14.3 Å². The average molecular weight is 406 g/mol. The van der Waals surface area contributed by atoms with Gasteiger partial charge in [-0.05, 0) is 53.5 Å². The molecule has 2 aliphatic rings. The molecule has 0 fully saturated rings. The SMILES string of the molecule is CCOc1cc(/C=C2\C(=N)N3OC(C)=CC3=NC2=O)cc(Br)c1OC. The first-order chi connectivity index (χ1) is 11.9. The maximum atomic E-state index is 12.3. The molecule has 0 aromatic heterocycles. The number of hydroxylamine groups is 2. The van der Waals surface area contributed by atoms with Crippen LogP contribution in [0.2, 0.25) is 0 Å². The number of allylic oxidation sites excluding steroid dienone is 1. The standard InChI is InChI=1S/C17H16BrN3O4/c1-4-24-13-8-10(7-12(18)15(13)23-3)6-11-16(19)21-14(20-17(11)22)5-9(2)25-21/h5-8,19H,4H2,1-3H3/b11-6+,19-16?. The topological polar surface area (TPSA) is 84.2 Å². The predicted molar refractivity (Wildman–Crippen MR) is 96.7 cm³/mol. The molecule has 0 aliphatic carbocycles. The minimum absolute atomic E-state index is 0.0620. The second-order valence-corrected chi connectivity index (χ2v) is 6.14. The number of carbonyl (C=O) groups is 1. The first-order valence-corrected chi connectivity index (χ1v) is 8.34. The molecule has 2 heterocycles. The monoisotopic (exact) mass is 405 g/mol. The van der Waals surface area contributed by atoms with Gasteiger partial charge in [0, 0.05) is 6.08 Å². The van der Waals surface area contributed by atoms with E-state index in [0.717, 1.165) is 0 Å². The zero-order chi connectivity index (χ0) is 18.1. The minimum atomic E-state index is -0.490. The van der Waals surface area contributed by atoms with Crippen molar-refractivity contribution in [3.8, 4) is 11.5 Å². The fraction of sp³-hybridized carbons (Fsp3) is 0.235. The fourth-order valence-electron chi connectivity index (χ4n) is 2.50. The Balaban J connectivity index is 2.01. The first-order valence-electron chi connectivity index (χ1n) is 7.55. The lowest BCUT2D eigenvalue weighted by molar-refractivity contribution is -0.114. The molecule has 0 saturated carbocycles. The molecule has 3 rings (SSSR count). The molecule has 1 N–H and O–H groups in total. The smallest absolute Gasteiger partial charge is 0.282 e. The molecule has 1 aromatic rings. The van der Waals surface area contributed by atoms with E-state index >= 15 is 0 Å². The predicted octanol–water partition coefficient (Wildman–Crippen LogP) is 3.31. The summed E-state index contributed by atoms with van der Waals surface area (Å²) in [5.74, 6) is 1.44. The third-order valence-corrected chi connectivity index (χ3v) is 4.12. The second-order valence-electron chi connectivity index (χ2n) is 5.29. The van der Waals surface area contributed by atoms with E-state index in [9.17, 15) is 4.79 Å². The number of amides is 1. The Morgan fingerprint density at radius 1 is 1.44 bits per heavy atom. The van der Waals surface area contributed by atoms with Crippen molar-refractivity contribution < 1.29 is 19.1 Å². The number of halogens is 1. The van der Waals surface area contributed by atoms with Crippen LogP contribution in [0.1, 0.15) is 19.4 Å². The van der Waals surface area contributed by atoms with Crippen LogP contribution in [0, 0.1) is 5.41 Å². The molecule has 0 spiro atoms. The number of nitrogens with zero attached hydrogens (tertiary/aromatic N) is 2. The van der Waals surface area contributed by atoms with Crippen LogP contribution >= 0.6 is 15.9 Å². The highest BCUT2D eigenvalue weighted by Gasteiger charge is 2.34. The summed E-state index contributed by atoms with van der Waals surface area (Å²) < 4.78 is 11.6. The van der Waals surface area contributed by atoms with Crippen molar-refractivity contribution in [3.05, 3.63) is 39.6 Å². The number of carbonyl (C=O) groups excluding carboxylic acids is 1. The molecular formula is C17H16BrN3O4. The molecule has 0 bridgehead atoms. The number of aliphatic imine (C=N–C) groups is 1. The van der Waals surface area contributed by atoms with Gasteiger partial charge in [0.05, 0.1) is 23.8 Å². The van der Waals surface area contributed by atoms with Crippen LogP contribution in [0.5, 0.6) is 11.5 Å². The Kier molecular flexibility index (Phi) is 4.63.